The normalized spacial score (nSPS) is 13.4. The predicted octanol–water partition coefficient (Wildman–Crippen LogP) is 1.67. The van der Waals surface area contributed by atoms with Gasteiger partial charge in [-0.3, -0.25) is 4.79 Å². The molecule has 0 rings (SSSR count). The van der Waals surface area contributed by atoms with Crippen molar-refractivity contribution in [3.8, 4) is 0 Å². The van der Waals surface area contributed by atoms with Gasteiger partial charge >= 0.3 is 0 Å². The van der Waals surface area contributed by atoms with Crippen molar-refractivity contribution in [1.29, 1.82) is 0 Å². The van der Waals surface area contributed by atoms with Crippen LogP contribution in [-0.2, 0) is 4.79 Å². The number of ketones is 1. The number of carbonyl (C=O) groups excluding carboxylic acids is 1. The molecule has 0 bridgehead atoms. The maximum Gasteiger partial charge on any atom is 0.133 e. The minimum absolute atomic E-state index is 0.224. The monoisotopic (exact) mass is 132 g/mol. The Hall–Kier alpha value is 0.0200. The van der Waals surface area contributed by atoms with E-state index >= 15 is 0 Å². The molecule has 0 aromatic heterocycles. The van der Waals surface area contributed by atoms with Crippen molar-refractivity contribution in [2.45, 2.75) is 31.9 Å². The van der Waals surface area contributed by atoms with E-state index < -0.39 is 0 Å². The average Bonchev–Trinajstić information content (AvgIpc) is 1.65. The summed E-state index contributed by atoms with van der Waals surface area (Å²) in [6, 6.07) is 0. The molecule has 1 atom stereocenters. The minimum Gasteiger partial charge on any atom is -0.300 e. The molecule has 8 heavy (non-hydrogen) atoms. The van der Waals surface area contributed by atoms with Crippen molar-refractivity contribution in [1.82, 2.24) is 0 Å². The van der Waals surface area contributed by atoms with Crippen LogP contribution in [0.1, 0.15) is 26.7 Å². The van der Waals surface area contributed by atoms with Crippen LogP contribution >= 0.6 is 12.6 Å². The summed E-state index contributed by atoms with van der Waals surface area (Å²) in [4.78, 5) is 10.6. The molecule has 0 heterocycles. The third-order valence-corrected chi connectivity index (χ3v) is 1.10. The summed E-state index contributed by atoms with van der Waals surface area (Å²) in [5.74, 6) is 0.299. The van der Waals surface area contributed by atoms with Crippen molar-refractivity contribution in [2.75, 3.05) is 0 Å². The molecule has 2 heteroatoms. The van der Waals surface area contributed by atoms with Gasteiger partial charge in [0.1, 0.15) is 5.78 Å². The maximum atomic E-state index is 10.6. The zero-order chi connectivity index (χ0) is 6.57. The van der Waals surface area contributed by atoms with Gasteiger partial charge in [-0.25, -0.2) is 0 Å². The second kappa shape index (κ2) is 3.96. The number of rotatable bonds is 3. The molecule has 0 fully saturated rings. The van der Waals surface area contributed by atoms with Gasteiger partial charge in [-0.2, -0.15) is 12.6 Å². The third kappa shape index (κ3) is 4.19. The molecule has 0 N–H and O–H groups in total. The molecule has 0 amide bonds. The van der Waals surface area contributed by atoms with Crippen LogP contribution in [-0.4, -0.2) is 11.0 Å². The van der Waals surface area contributed by atoms with Crippen LogP contribution in [0, 0.1) is 0 Å². The fraction of sp³-hybridized carbons (Fsp3) is 0.833. The van der Waals surface area contributed by atoms with E-state index in [4.69, 9.17) is 0 Å². The van der Waals surface area contributed by atoms with Crippen LogP contribution in [0.25, 0.3) is 0 Å². The number of carbonyl (C=O) groups is 1. The highest BCUT2D eigenvalue weighted by atomic mass is 32.1. The SMILES string of the molecule is CCC(=O)CC(C)S. The largest absolute Gasteiger partial charge is 0.300 e. The lowest BCUT2D eigenvalue weighted by Gasteiger charge is -1.97. The zero-order valence-corrected chi connectivity index (χ0v) is 6.24. The Morgan fingerprint density at radius 1 is 1.75 bits per heavy atom. The molecule has 1 unspecified atom stereocenters. The molecule has 48 valence electrons. The molecule has 0 aromatic carbocycles. The summed E-state index contributed by atoms with van der Waals surface area (Å²) in [6.45, 7) is 3.80. The first-order valence-corrected chi connectivity index (χ1v) is 3.38. The van der Waals surface area contributed by atoms with E-state index in [0.717, 1.165) is 0 Å². The Labute approximate surface area is 55.9 Å². The summed E-state index contributed by atoms with van der Waals surface area (Å²) in [6.07, 6.45) is 1.25. The van der Waals surface area contributed by atoms with Gasteiger partial charge in [-0.1, -0.05) is 13.8 Å². The topological polar surface area (TPSA) is 17.1 Å². The van der Waals surface area contributed by atoms with Crippen molar-refractivity contribution in [3.05, 3.63) is 0 Å². The first kappa shape index (κ1) is 8.02. The smallest absolute Gasteiger partial charge is 0.133 e. The lowest BCUT2D eigenvalue weighted by molar-refractivity contribution is -0.118. The van der Waals surface area contributed by atoms with Gasteiger partial charge in [0.25, 0.3) is 0 Å². The highest BCUT2D eigenvalue weighted by molar-refractivity contribution is 7.80. The first-order valence-electron chi connectivity index (χ1n) is 2.86. The van der Waals surface area contributed by atoms with Crippen LogP contribution in [0.15, 0.2) is 0 Å². The minimum atomic E-state index is 0.224. The van der Waals surface area contributed by atoms with Gasteiger partial charge < -0.3 is 0 Å². The molecule has 0 saturated heterocycles. The van der Waals surface area contributed by atoms with Gasteiger partial charge in [0, 0.05) is 18.1 Å². The Balaban J connectivity index is 3.25. The van der Waals surface area contributed by atoms with Gasteiger partial charge in [-0.15, -0.1) is 0 Å². The quantitative estimate of drug-likeness (QED) is 0.578. The first-order chi connectivity index (χ1) is 3.66. The van der Waals surface area contributed by atoms with Gasteiger partial charge in [0.05, 0.1) is 0 Å². The molecule has 0 saturated carbocycles. The van der Waals surface area contributed by atoms with Gasteiger partial charge in [0.15, 0.2) is 0 Å². The van der Waals surface area contributed by atoms with E-state index in [0.29, 0.717) is 18.6 Å². The summed E-state index contributed by atoms with van der Waals surface area (Å²) in [5.41, 5.74) is 0. The number of hydrogen-bond acceptors (Lipinski definition) is 2. The number of thiol groups is 1. The van der Waals surface area contributed by atoms with Crippen LogP contribution in [0.4, 0.5) is 0 Å². The Kier molecular flexibility index (Phi) is 3.97. The summed E-state index contributed by atoms with van der Waals surface area (Å²) in [7, 11) is 0. The highest BCUT2D eigenvalue weighted by Gasteiger charge is 2.00. The van der Waals surface area contributed by atoms with E-state index in [2.05, 4.69) is 12.6 Å². The second-order valence-electron chi connectivity index (χ2n) is 1.95. The fourth-order valence-electron chi connectivity index (χ4n) is 0.474. The van der Waals surface area contributed by atoms with E-state index in [1.54, 1.807) is 0 Å². The van der Waals surface area contributed by atoms with Crippen LogP contribution in [0.5, 0.6) is 0 Å². The Morgan fingerprint density at radius 3 is 2.38 bits per heavy atom. The van der Waals surface area contributed by atoms with Crippen molar-refractivity contribution in [2.24, 2.45) is 0 Å². The molecule has 0 radical (unpaired) electrons. The molecule has 0 spiro atoms. The van der Waals surface area contributed by atoms with E-state index in [1.165, 1.54) is 0 Å². The lowest BCUT2D eigenvalue weighted by atomic mass is 10.2. The molecule has 1 nitrogen and oxygen atoms in total. The molecule has 0 aliphatic heterocycles. The van der Waals surface area contributed by atoms with Crippen molar-refractivity contribution >= 4 is 18.4 Å². The summed E-state index contributed by atoms with van der Waals surface area (Å²) < 4.78 is 0. The summed E-state index contributed by atoms with van der Waals surface area (Å²) >= 11 is 4.07. The van der Waals surface area contributed by atoms with E-state index in [-0.39, 0.29) is 5.25 Å². The fourth-order valence-corrected chi connectivity index (χ4v) is 0.677. The van der Waals surface area contributed by atoms with Crippen LogP contribution in [0.2, 0.25) is 0 Å². The van der Waals surface area contributed by atoms with E-state index in [9.17, 15) is 4.79 Å². The highest BCUT2D eigenvalue weighted by Crippen LogP contribution is 2.00. The van der Waals surface area contributed by atoms with Crippen molar-refractivity contribution in [3.63, 3.8) is 0 Å². The zero-order valence-electron chi connectivity index (χ0n) is 5.35. The van der Waals surface area contributed by atoms with E-state index in [1.807, 2.05) is 13.8 Å². The molecule has 0 aliphatic rings. The van der Waals surface area contributed by atoms with Crippen LogP contribution in [0.3, 0.4) is 0 Å². The standard InChI is InChI=1S/C6H12OS/c1-3-6(7)4-5(2)8/h5,8H,3-4H2,1-2H3. The third-order valence-electron chi connectivity index (χ3n) is 0.917. The molecular weight excluding hydrogens is 120 g/mol. The molecular formula is C6H12OS. The lowest BCUT2D eigenvalue weighted by Crippen LogP contribution is -2.02. The second-order valence-corrected chi connectivity index (χ2v) is 2.83. The Morgan fingerprint density at radius 2 is 2.25 bits per heavy atom. The van der Waals surface area contributed by atoms with Crippen LogP contribution < -0.4 is 0 Å². The van der Waals surface area contributed by atoms with Gasteiger partial charge in [-0.05, 0) is 0 Å². The van der Waals surface area contributed by atoms with Crippen molar-refractivity contribution < 1.29 is 4.79 Å². The molecule has 0 aromatic rings. The number of hydrogen-bond donors (Lipinski definition) is 1. The summed E-state index contributed by atoms with van der Waals surface area (Å²) in [5, 5.41) is 0.224. The number of Topliss-reactive ketones (excluding diaryl/α,β-unsaturated/α-hetero) is 1. The Bertz CT molecular complexity index is 78.6. The predicted molar refractivity (Wildman–Crippen MR) is 38.4 cm³/mol. The average molecular weight is 132 g/mol. The van der Waals surface area contributed by atoms with Gasteiger partial charge in [0.2, 0.25) is 0 Å². The maximum absolute atomic E-state index is 10.6. The molecule has 0 aliphatic carbocycles.